The predicted molar refractivity (Wildman–Crippen MR) is 77.7 cm³/mol. The summed E-state index contributed by atoms with van der Waals surface area (Å²) in [6.45, 7) is 5.46. The molecule has 1 aromatic carbocycles. The first kappa shape index (κ1) is 14.5. The average Bonchev–Trinajstić information content (AvgIpc) is 2.46. The molecule has 0 aliphatic carbocycles. The molecule has 106 valence electrons. The topological polar surface area (TPSA) is 15.3 Å². The molecule has 0 spiro atoms. The van der Waals surface area contributed by atoms with E-state index in [2.05, 4.69) is 17.1 Å². The molecule has 1 aliphatic heterocycles. The molecule has 0 bridgehead atoms. The Morgan fingerprint density at radius 3 is 2.58 bits per heavy atom. The van der Waals surface area contributed by atoms with Crippen molar-refractivity contribution < 1.29 is 4.39 Å². The molecule has 1 aromatic rings. The minimum absolute atomic E-state index is 0.0828. The molecule has 3 heteroatoms. The Balaban J connectivity index is 1.95. The van der Waals surface area contributed by atoms with Gasteiger partial charge in [-0.1, -0.05) is 31.5 Å². The van der Waals surface area contributed by atoms with Crippen LogP contribution in [0.25, 0.3) is 0 Å². The van der Waals surface area contributed by atoms with Crippen LogP contribution in [0.4, 0.5) is 4.39 Å². The molecule has 0 saturated carbocycles. The van der Waals surface area contributed by atoms with E-state index in [1.807, 2.05) is 19.2 Å². The van der Waals surface area contributed by atoms with Crippen molar-refractivity contribution in [3.8, 4) is 0 Å². The number of hydrogen-bond donors (Lipinski definition) is 1. The molecule has 1 heterocycles. The summed E-state index contributed by atoms with van der Waals surface area (Å²) < 4.78 is 13.8. The van der Waals surface area contributed by atoms with Gasteiger partial charge in [0.25, 0.3) is 0 Å². The van der Waals surface area contributed by atoms with Crippen molar-refractivity contribution in [2.75, 3.05) is 26.7 Å². The Kier molecular flexibility index (Phi) is 5.34. The Morgan fingerprint density at radius 2 is 2.00 bits per heavy atom. The third-order valence-corrected chi connectivity index (χ3v) is 4.35. The van der Waals surface area contributed by atoms with Gasteiger partial charge >= 0.3 is 0 Å². The molecular formula is C16H25FN2. The van der Waals surface area contributed by atoms with E-state index < -0.39 is 0 Å². The smallest absolute Gasteiger partial charge is 0.128 e. The monoisotopic (exact) mass is 264 g/mol. The molecule has 0 radical (unpaired) electrons. The minimum Gasteiger partial charge on any atom is -0.312 e. The van der Waals surface area contributed by atoms with Crippen molar-refractivity contribution in [2.24, 2.45) is 5.92 Å². The summed E-state index contributed by atoms with van der Waals surface area (Å²) in [5.41, 5.74) is 0.780. The van der Waals surface area contributed by atoms with Crippen LogP contribution in [0, 0.1) is 11.7 Å². The molecule has 1 aliphatic rings. The summed E-state index contributed by atoms with van der Waals surface area (Å²) in [5.74, 6) is 0.781. The summed E-state index contributed by atoms with van der Waals surface area (Å²) in [4.78, 5) is 2.46. The van der Waals surface area contributed by atoms with Gasteiger partial charge in [0.15, 0.2) is 0 Å². The Labute approximate surface area is 116 Å². The molecule has 2 rings (SSSR count). The molecule has 1 N–H and O–H groups in total. The second kappa shape index (κ2) is 7.01. The first-order chi connectivity index (χ1) is 9.24. The van der Waals surface area contributed by atoms with E-state index in [9.17, 15) is 4.39 Å². The highest BCUT2D eigenvalue weighted by atomic mass is 19.1. The third kappa shape index (κ3) is 3.77. The van der Waals surface area contributed by atoms with Gasteiger partial charge in [-0.05, 0) is 45.0 Å². The fraction of sp³-hybridized carbons (Fsp3) is 0.625. The van der Waals surface area contributed by atoms with Gasteiger partial charge < -0.3 is 10.2 Å². The number of likely N-dealkylation sites (N-methyl/N-ethyl adjacent to an activating group) is 1. The maximum atomic E-state index is 13.8. The number of benzene rings is 1. The van der Waals surface area contributed by atoms with Crippen LogP contribution < -0.4 is 5.32 Å². The van der Waals surface area contributed by atoms with Crippen LogP contribution >= 0.6 is 0 Å². The van der Waals surface area contributed by atoms with Crippen LogP contribution in [0.2, 0.25) is 0 Å². The molecule has 0 amide bonds. The van der Waals surface area contributed by atoms with Crippen LogP contribution in [0.15, 0.2) is 24.3 Å². The number of hydrogen-bond acceptors (Lipinski definition) is 2. The van der Waals surface area contributed by atoms with E-state index in [1.54, 1.807) is 12.1 Å². The maximum absolute atomic E-state index is 13.8. The van der Waals surface area contributed by atoms with Crippen molar-refractivity contribution in [3.63, 3.8) is 0 Å². The molecule has 1 atom stereocenters. The largest absolute Gasteiger partial charge is 0.312 e. The van der Waals surface area contributed by atoms with Gasteiger partial charge in [0.05, 0.1) is 0 Å². The van der Waals surface area contributed by atoms with Crippen LogP contribution in [0.1, 0.15) is 37.8 Å². The molecule has 2 nitrogen and oxygen atoms in total. The van der Waals surface area contributed by atoms with Crippen molar-refractivity contribution in [2.45, 2.75) is 32.2 Å². The lowest BCUT2D eigenvalue weighted by molar-refractivity contribution is 0.167. The lowest BCUT2D eigenvalue weighted by Gasteiger charge is -2.34. The highest BCUT2D eigenvalue weighted by Crippen LogP contribution is 2.23. The summed E-state index contributed by atoms with van der Waals surface area (Å²) in [6, 6.07) is 7.17. The SMILES string of the molecule is CCC1CCN(CC(NC)c2ccccc2F)CC1. The maximum Gasteiger partial charge on any atom is 0.128 e. The number of rotatable bonds is 5. The van der Waals surface area contributed by atoms with Crippen molar-refractivity contribution >= 4 is 0 Å². The van der Waals surface area contributed by atoms with E-state index in [0.717, 1.165) is 31.1 Å². The first-order valence-corrected chi connectivity index (χ1v) is 7.38. The van der Waals surface area contributed by atoms with Crippen molar-refractivity contribution in [1.82, 2.24) is 10.2 Å². The zero-order valence-electron chi connectivity index (χ0n) is 12.0. The zero-order chi connectivity index (χ0) is 13.7. The van der Waals surface area contributed by atoms with Gasteiger partial charge in [-0.3, -0.25) is 0 Å². The van der Waals surface area contributed by atoms with Gasteiger partial charge in [-0.15, -0.1) is 0 Å². The predicted octanol–water partition coefficient (Wildman–Crippen LogP) is 3.21. The standard InChI is InChI=1S/C16H25FN2/c1-3-13-8-10-19(11-9-13)12-16(18-2)14-6-4-5-7-15(14)17/h4-7,13,16,18H,3,8-12H2,1-2H3. The summed E-state index contributed by atoms with van der Waals surface area (Å²) >= 11 is 0. The highest BCUT2D eigenvalue weighted by molar-refractivity contribution is 5.21. The number of halogens is 1. The van der Waals surface area contributed by atoms with Crippen molar-refractivity contribution in [3.05, 3.63) is 35.6 Å². The minimum atomic E-state index is -0.106. The van der Waals surface area contributed by atoms with Crippen LogP contribution in [0.5, 0.6) is 0 Å². The van der Waals surface area contributed by atoms with Gasteiger partial charge in [-0.2, -0.15) is 0 Å². The molecule has 1 fully saturated rings. The lowest BCUT2D eigenvalue weighted by atomic mass is 9.94. The second-order valence-electron chi connectivity index (χ2n) is 5.52. The fourth-order valence-electron chi connectivity index (χ4n) is 2.94. The van der Waals surface area contributed by atoms with Crippen LogP contribution in [-0.4, -0.2) is 31.6 Å². The average molecular weight is 264 g/mol. The number of nitrogens with one attached hydrogen (secondary N) is 1. The quantitative estimate of drug-likeness (QED) is 0.878. The second-order valence-corrected chi connectivity index (χ2v) is 5.52. The molecular weight excluding hydrogens is 239 g/mol. The van der Waals surface area contributed by atoms with Gasteiger partial charge in [-0.25, -0.2) is 4.39 Å². The van der Waals surface area contributed by atoms with Crippen molar-refractivity contribution in [1.29, 1.82) is 0 Å². The first-order valence-electron chi connectivity index (χ1n) is 7.38. The Morgan fingerprint density at radius 1 is 1.32 bits per heavy atom. The van der Waals surface area contributed by atoms with E-state index in [0.29, 0.717) is 0 Å². The normalized spacial score (nSPS) is 19.5. The number of likely N-dealkylation sites (tertiary alicyclic amines) is 1. The summed E-state index contributed by atoms with van der Waals surface area (Å²) in [7, 11) is 1.91. The summed E-state index contributed by atoms with van der Waals surface area (Å²) in [6.07, 6.45) is 3.85. The number of nitrogens with zero attached hydrogens (tertiary/aromatic N) is 1. The molecule has 19 heavy (non-hydrogen) atoms. The zero-order valence-corrected chi connectivity index (χ0v) is 12.0. The van der Waals surface area contributed by atoms with Gasteiger partial charge in [0.2, 0.25) is 0 Å². The van der Waals surface area contributed by atoms with Gasteiger partial charge in [0.1, 0.15) is 5.82 Å². The van der Waals surface area contributed by atoms with Gasteiger partial charge in [0, 0.05) is 18.2 Å². The van der Waals surface area contributed by atoms with E-state index in [4.69, 9.17) is 0 Å². The van der Waals surface area contributed by atoms with Crippen LogP contribution in [0.3, 0.4) is 0 Å². The fourth-order valence-corrected chi connectivity index (χ4v) is 2.94. The summed E-state index contributed by atoms with van der Waals surface area (Å²) in [5, 5.41) is 3.25. The van der Waals surface area contributed by atoms with E-state index in [-0.39, 0.29) is 11.9 Å². The molecule has 1 unspecified atom stereocenters. The van der Waals surface area contributed by atoms with Crippen LogP contribution in [-0.2, 0) is 0 Å². The Hall–Kier alpha value is -0.930. The highest BCUT2D eigenvalue weighted by Gasteiger charge is 2.22. The third-order valence-electron chi connectivity index (χ3n) is 4.35. The lowest BCUT2D eigenvalue weighted by Crippen LogP contribution is -2.39. The van der Waals surface area contributed by atoms with E-state index >= 15 is 0 Å². The number of piperidine rings is 1. The van der Waals surface area contributed by atoms with E-state index in [1.165, 1.54) is 19.3 Å². The molecule has 1 saturated heterocycles. The molecule has 0 aromatic heterocycles. The Bertz CT molecular complexity index is 386.